The van der Waals surface area contributed by atoms with Crippen LogP contribution >= 0.6 is 29.3 Å². The fourth-order valence-electron chi connectivity index (χ4n) is 0.690. The summed E-state index contributed by atoms with van der Waals surface area (Å²) in [6, 6.07) is 8.55. The SMILES string of the molecule is O=C(OP(Cl)Cl)c1ccccc1. The van der Waals surface area contributed by atoms with Gasteiger partial charge >= 0.3 is 5.97 Å². The Bertz CT molecular complexity index is 263. The highest BCUT2D eigenvalue weighted by molar-refractivity contribution is 8.00. The molecule has 0 aliphatic heterocycles. The average Bonchev–Trinajstić information content (AvgIpc) is 2.05. The first-order valence-corrected chi connectivity index (χ1v) is 6.16. The Balaban J connectivity index is 2.66. The first kappa shape index (κ1) is 9.79. The second-order valence-corrected chi connectivity index (χ2v) is 4.89. The van der Waals surface area contributed by atoms with Gasteiger partial charge in [0.1, 0.15) is 0 Å². The molecule has 0 heterocycles. The zero-order valence-corrected chi connectivity index (χ0v) is 8.31. The van der Waals surface area contributed by atoms with Crippen LogP contribution in [0.5, 0.6) is 0 Å². The standard InChI is InChI=1S/C7H5Cl2O2P/c8-12(9)11-7(10)6-4-2-1-3-5-6/h1-5H. The summed E-state index contributed by atoms with van der Waals surface area (Å²) >= 11 is 10.6. The van der Waals surface area contributed by atoms with Crippen LogP contribution in [0.4, 0.5) is 0 Å². The van der Waals surface area contributed by atoms with E-state index in [1.807, 2.05) is 0 Å². The summed E-state index contributed by atoms with van der Waals surface area (Å²) in [6.07, 6.45) is 0. The van der Waals surface area contributed by atoms with E-state index in [-0.39, 0.29) is 0 Å². The molecule has 0 bridgehead atoms. The molecule has 1 rings (SSSR count). The van der Waals surface area contributed by atoms with Crippen molar-refractivity contribution in [3.05, 3.63) is 35.9 Å². The van der Waals surface area contributed by atoms with Gasteiger partial charge in [0.15, 0.2) is 0 Å². The minimum absolute atomic E-state index is 0.450. The molecule has 0 amide bonds. The van der Waals surface area contributed by atoms with Crippen molar-refractivity contribution in [2.45, 2.75) is 0 Å². The first-order chi connectivity index (χ1) is 5.70. The number of hydrogen-bond donors (Lipinski definition) is 0. The molecular formula is C7H5Cl2O2P. The Morgan fingerprint density at radius 3 is 2.33 bits per heavy atom. The predicted octanol–water partition coefficient (Wildman–Crippen LogP) is 3.55. The topological polar surface area (TPSA) is 26.3 Å². The highest BCUT2D eigenvalue weighted by Crippen LogP contribution is 2.48. The van der Waals surface area contributed by atoms with E-state index in [9.17, 15) is 4.79 Å². The van der Waals surface area contributed by atoms with Gasteiger partial charge in [-0.05, 0) is 34.6 Å². The fraction of sp³-hybridized carbons (Fsp3) is 0. The van der Waals surface area contributed by atoms with Crippen LogP contribution < -0.4 is 0 Å². The molecule has 5 heteroatoms. The third-order valence-electron chi connectivity index (χ3n) is 1.16. The molecule has 1 aromatic rings. The highest BCUT2D eigenvalue weighted by Gasteiger charge is 2.10. The molecular weight excluding hydrogens is 218 g/mol. The smallest absolute Gasteiger partial charge is 0.342 e. The van der Waals surface area contributed by atoms with Crippen molar-refractivity contribution in [1.29, 1.82) is 0 Å². The quantitative estimate of drug-likeness (QED) is 0.716. The zero-order chi connectivity index (χ0) is 8.97. The lowest BCUT2D eigenvalue weighted by Gasteiger charge is -2.01. The lowest BCUT2D eigenvalue weighted by Crippen LogP contribution is -1.97. The number of rotatable bonds is 2. The summed E-state index contributed by atoms with van der Waals surface area (Å²) in [4.78, 5) is 11.1. The molecule has 0 N–H and O–H groups in total. The molecule has 2 nitrogen and oxygen atoms in total. The highest BCUT2D eigenvalue weighted by atomic mass is 35.9. The lowest BCUT2D eigenvalue weighted by atomic mass is 10.2. The third-order valence-corrected chi connectivity index (χ3v) is 1.88. The van der Waals surface area contributed by atoms with Crippen molar-refractivity contribution in [2.24, 2.45) is 0 Å². The second-order valence-electron chi connectivity index (χ2n) is 1.95. The van der Waals surface area contributed by atoms with Crippen LogP contribution in [-0.4, -0.2) is 5.97 Å². The molecule has 0 aliphatic carbocycles. The van der Waals surface area contributed by atoms with E-state index in [1.54, 1.807) is 30.3 Å². The average molecular weight is 223 g/mol. The van der Waals surface area contributed by atoms with Gasteiger partial charge in [-0.15, -0.1) is 0 Å². The van der Waals surface area contributed by atoms with Gasteiger partial charge in [-0.2, -0.15) is 0 Å². The molecule has 0 fully saturated rings. The zero-order valence-electron chi connectivity index (χ0n) is 5.91. The molecule has 0 aliphatic rings. The van der Waals surface area contributed by atoms with Gasteiger partial charge in [0.2, 0.25) is 0 Å². The number of carbonyl (C=O) groups excluding carboxylic acids is 1. The van der Waals surface area contributed by atoms with E-state index in [0.717, 1.165) is 0 Å². The molecule has 0 atom stereocenters. The van der Waals surface area contributed by atoms with Crippen molar-refractivity contribution in [2.75, 3.05) is 0 Å². The third kappa shape index (κ3) is 2.98. The molecule has 0 spiro atoms. The van der Waals surface area contributed by atoms with Crippen LogP contribution in [0.2, 0.25) is 0 Å². The molecule has 0 saturated carbocycles. The molecule has 0 unspecified atom stereocenters. The molecule has 1 aromatic carbocycles. The minimum atomic E-state index is -1.67. The molecule has 0 radical (unpaired) electrons. The van der Waals surface area contributed by atoms with Crippen LogP contribution in [-0.2, 0) is 4.52 Å². The van der Waals surface area contributed by atoms with Crippen molar-refractivity contribution in [1.82, 2.24) is 0 Å². The molecule has 0 saturated heterocycles. The van der Waals surface area contributed by atoms with E-state index in [4.69, 9.17) is 22.5 Å². The Kier molecular flexibility index (Phi) is 3.80. The summed E-state index contributed by atoms with van der Waals surface area (Å²) in [5.41, 5.74) is 0.450. The van der Waals surface area contributed by atoms with Crippen LogP contribution in [0.15, 0.2) is 30.3 Å². The van der Waals surface area contributed by atoms with Crippen LogP contribution in [0.1, 0.15) is 10.4 Å². The monoisotopic (exact) mass is 222 g/mol. The van der Waals surface area contributed by atoms with Crippen molar-refractivity contribution < 1.29 is 9.32 Å². The number of halogens is 2. The van der Waals surface area contributed by atoms with Crippen molar-refractivity contribution in [3.8, 4) is 0 Å². The summed E-state index contributed by atoms with van der Waals surface area (Å²) in [5, 5.41) is 0. The van der Waals surface area contributed by atoms with E-state index < -0.39 is 12.8 Å². The summed E-state index contributed by atoms with van der Waals surface area (Å²) in [6.45, 7) is -1.67. The number of carbonyl (C=O) groups is 1. The molecule has 12 heavy (non-hydrogen) atoms. The fourth-order valence-corrected chi connectivity index (χ4v) is 1.30. The van der Waals surface area contributed by atoms with Gasteiger partial charge in [-0.1, -0.05) is 18.2 Å². The van der Waals surface area contributed by atoms with Gasteiger partial charge in [0, 0.05) is 0 Å². The van der Waals surface area contributed by atoms with Crippen molar-refractivity contribution in [3.63, 3.8) is 0 Å². The summed E-state index contributed by atoms with van der Waals surface area (Å²) in [7, 11) is 0. The van der Waals surface area contributed by atoms with Gasteiger partial charge in [-0.3, -0.25) is 0 Å². The molecule has 0 aromatic heterocycles. The van der Waals surface area contributed by atoms with Gasteiger partial charge in [-0.25, -0.2) is 4.79 Å². The largest absolute Gasteiger partial charge is 0.410 e. The van der Waals surface area contributed by atoms with E-state index in [2.05, 4.69) is 4.52 Å². The van der Waals surface area contributed by atoms with Gasteiger partial charge in [0.05, 0.1) is 5.56 Å². The number of hydrogen-bond acceptors (Lipinski definition) is 2. The Hall–Kier alpha value is -0.300. The first-order valence-electron chi connectivity index (χ1n) is 3.09. The maximum atomic E-state index is 11.1. The maximum absolute atomic E-state index is 11.1. The van der Waals surface area contributed by atoms with Crippen LogP contribution in [0.25, 0.3) is 0 Å². The Morgan fingerprint density at radius 1 is 1.25 bits per heavy atom. The van der Waals surface area contributed by atoms with Crippen LogP contribution in [0.3, 0.4) is 0 Å². The van der Waals surface area contributed by atoms with E-state index in [0.29, 0.717) is 5.56 Å². The van der Waals surface area contributed by atoms with E-state index >= 15 is 0 Å². The maximum Gasteiger partial charge on any atom is 0.342 e. The summed E-state index contributed by atoms with van der Waals surface area (Å²) < 4.78 is 4.59. The van der Waals surface area contributed by atoms with E-state index in [1.165, 1.54) is 0 Å². The van der Waals surface area contributed by atoms with Crippen LogP contribution in [0, 0.1) is 0 Å². The van der Waals surface area contributed by atoms with Crippen molar-refractivity contribution >= 4 is 35.3 Å². The molecule has 64 valence electrons. The van der Waals surface area contributed by atoms with Gasteiger partial charge < -0.3 is 4.52 Å². The second kappa shape index (κ2) is 4.66. The van der Waals surface area contributed by atoms with Gasteiger partial charge in [0.25, 0.3) is 6.85 Å². The Morgan fingerprint density at radius 2 is 1.83 bits per heavy atom. The normalized spacial score (nSPS) is 9.92. The predicted molar refractivity (Wildman–Crippen MR) is 50.5 cm³/mol. The minimum Gasteiger partial charge on any atom is -0.410 e. The number of benzene rings is 1. The lowest BCUT2D eigenvalue weighted by molar-refractivity contribution is 0.0762. The summed E-state index contributed by atoms with van der Waals surface area (Å²) in [5.74, 6) is -0.494. The Labute approximate surface area is 80.8 Å².